The summed E-state index contributed by atoms with van der Waals surface area (Å²) in [6.07, 6.45) is 1.71. The fraction of sp³-hybridized carbons (Fsp3) is 0.167. The van der Waals surface area contributed by atoms with Crippen molar-refractivity contribution in [1.82, 2.24) is 29.6 Å². The third kappa shape index (κ3) is 2.99. The first-order valence-corrected chi connectivity index (χ1v) is 9.07. The molecule has 0 saturated carbocycles. The topological polar surface area (TPSA) is 78.0 Å². The highest BCUT2D eigenvalue weighted by Gasteiger charge is 2.14. The van der Waals surface area contributed by atoms with Crippen molar-refractivity contribution in [3.8, 4) is 5.69 Å². The van der Waals surface area contributed by atoms with E-state index in [2.05, 4.69) is 20.5 Å². The van der Waals surface area contributed by atoms with Crippen LogP contribution in [0.25, 0.3) is 11.3 Å². The van der Waals surface area contributed by atoms with Gasteiger partial charge in [-0.25, -0.2) is 4.98 Å². The number of pyridine rings is 1. The number of benzene rings is 1. The third-order valence-corrected chi connectivity index (χ3v) is 5.02. The monoisotopic (exact) mass is 364 g/mol. The summed E-state index contributed by atoms with van der Waals surface area (Å²) in [5.41, 5.74) is 4.40. The van der Waals surface area contributed by atoms with Crippen molar-refractivity contribution in [2.75, 3.05) is 0 Å². The van der Waals surface area contributed by atoms with Crippen LogP contribution in [0.4, 0.5) is 0 Å². The Hall–Kier alpha value is -3.00. The van der Waals surface area contributed by atoms with Gasteiger partial charge >= 0.3 is 0 Å². The number of para-hydroxylation sites is 1. The van der Waals surface area contributed by atoms with Gasteiger partial charge in [0.05, 0.1) is 11.4 Å². The first kappa shape index (κ1) is 16.5. The molecule has 4 aromatic rings. The molecular formula is C18H16N6OS. The summed E-state index contributed by atoms with van der Waals surface area (Å²) >= 11 is 1.45. The minimum atomic E-state index is -0.0967. The lowest BCUT2D eigenvalue weighted by atomic mass is 10.1. The summed E-state index contributed by atoms with van der Waals surface area (Å²) in [4.78, 5) is 16.7. The maximum Gasteiger partial charge on any atom is 0.258 e. The highest BCUT2D eigenvalue weighted by atomic mass is 32.2. The molecule has 0 radical (unpaired) electrons. The molecule has 0 aliphatic heterocycles. The molecule has 0 atom stereocenters. The molecule has 0 unspecified atom stereocenters. The Balaban J connectivity index is 1.64. The average Bonchev–Trinajstić information content (AvgIpc) is 3.08. The molecule has 7 nitrogen and oxygen atoms in total. The quantitative estimate of drug-likeness (QED) is 0.518. The lowest BCUT2D eigenvalue weighted by molar-refractivity contribution is 0.747. The molecule has 0 aliphatic rings. The van der Waals surface area contributed by atoms with Crippen molar-refractivity contribution in [3.63, 3.8) is 0 Å². The molecule has 3 aromatic heterocycles. The predicted octanol–water partition coefficient (Wildman–Crippen LogP) is 2.58. The molecule has 130 valence electrons. The lowest BCUT2D eigenvalue weighted by Crippen LogP contribution is -2.14. The Labute approximate surface area is 153 Å². The van der Waals surface area contributed by atoms with Crippen LogP contribution in [0.1, 0.15) is 16.8 Å². The van der Waals surface area contributed by atoms with E-state index in [1.54, 1.807) is 16.9 Å². The van der Waals surface area contributed by atoms with Crippen LogP contribution in [0.3, 0.4) is 0 Å². The minimum absolute atomic E-state index is 0.0967. The second-order valence-electron chi connectivity index (χ2n) is 5.92. The molecule has 0 saturated heterocycles. The van der Waals surface area contributed by atoms with Gasteiger partial charge in [-0.3, -0.25) is 9.20 Å². The second-order valence-corrected chi connectivity index (χ2v) is 6.86. The van der Waals surface area contributed by atoms with Gasteiger partial charge in [0.2, 0.25) is 5.16 Å². The minimum Gasteiger partial charge on any atom is -0.269 e. The molecule has 26 heavy (non-hydrogen) atoms. The molecule has 0 amide bonds. The van der Waals surface area contributed by atoms with Crippen LogP contribution in [-0.2, 0) is 5.75 Å². The fourth-order valence-corrected chi connectivity index (χ4v) is 3.63. The first-order chi connectivity index (χ1) is 12.6. The molecule has 0 fully saturated rings. The number of hydrogen-bond donors (Lipinski definition) is 0. The van der Waals surface area contributed by atoms with E-state index >= 15 is 0 Å². The second kappa shape index (κ2) is 6.72. The van der Waals surface area contributed by atoms with E-state index < -0.39 is 0 Å². The molecule has 4 rings (SSSR count). The standard InChI is InChI=1S/C18H16N6OS/c1-12-6-5-7-13(2)17(12)24-18(20-21-22-24)26-11-14-10-16(25)23-9-4-3-8-15(23)19-14/h3-10H,11H2,1-2H3. The van der Waals surface area contributed by atoms with Gasteiger partial charge in [-0.15, -0.1) is 5.10 Å². The Morgan fingerprint density at radius 1 is 1.08 bits per heavy atom. The van der Waals surface area contributed by atoms with E-state index in [1.807, 2.05) is 50.2 Å². The zero-order valence-electron chi connectivity index (χ0n) is 14.3. The summed E-state index contributed by atoms with van der Waals surface area (Å²) in [6.45, 7) is 4.06. The number of thioether (sulfide) groups is 1. The van der Waals surface area contributed by atoms with Gasteiger partial charge in [0.25, 0.3) is 5.56 Å². The van der Waals surface area contributed by atoms with Gasteiger partial charge in [-0.2, -0.15) is 4.68 Å². The first-order valence-electron chi connectivity index (χ1n) is 8.08. The molecule has 0 spiro atoms. The predicted molar refractivity (Wildman–Crippen MR) is 99.7 cm³/mol. The average molecular weight is 364 g/mol. The van der Waals surface area contributed by atoms with Crippen LogP contribution in [-0.4, -0.2) is 29.6 Å². The largest absolute Gasteiger partial charge is 0.269 e. The molecule has 8 heteroatoms. The lowest BCUT2D eigenvalue weighted by Gasteiger charge is -2.10. The van der Waals surface area contributed by atoms with Crippen molar-refractivity contribution in [3.05, 3.63) is 75.8 Å². The van der Waals surface area contributed by atoms with Crippen LogP contribution >= 0.6 is 11.8 Å². The van der Waals surface area contributed by atoms with Crippen LogP contribution in [0.2, 0.25) is 0 Å². The molecule has 3 heterocycles. The Morgan fingerprint density at radius 3 is 2.69 bits per heavy atom. The SMILES string of the molecule is Cc1cccc(C)c1-n1nnnc1SCc1cc(=O)n2ccccc2n1. The number of fused-ring (bicyclic) bond motifs is 1. The van der Waals surface area contributed by atoms with Crippen LogP contribution in [0.5, 0.6) is 0 Å². The Bertz CT molecular complexity index is 1130. The van der Waals surface area contributed by atoms with E-state index in [0.29, 0.717) is 22.3 Å². The number of aromatic nitrogens is 6. The molecule has 0 N–H and O–H groups in total. The molecule has 0 aliphatic carbocycles. The van der Waals surface area contributed by atoms with Gasteiger partial charge in [-0.1, -0.05) is 36.0 Å². The van der Waals surface area contributed by atoms with Crippen LogP contribution < -0.4 is 5.56 Å². The maximum absolute atomic E-state index is 12.2. The van der Waals surface area contributed by atoms with Crippen molar-refractivity contribution < 1.29 is 0 Å². The molecule has 1 aromatic carbocycles. The van der Waals surface area contributed by atoms with E-state index in [9.17, 15) is 4.79 Å². The number of tetrazole rings is 1. The summed E-state index contributed by atoms with van der Waals surface area (Å²) in [5.74, 6) is 0.506. The number of rotatable bonds is 4. The molecule has 0 bridgehead atoms. The zero-order valence-corrected chi connectivity index (χ0v) is 15.1. The third-order valence-electron chi connectivity index (χ3n) is 4.07. The van der Waals surface area contributed by atoms with Crippen molar-refractivity contribution in [1.29, 1.82) is 0 Å². The fourth-order valence-electron chi connectivity index (χ4n) is 2.86. The summed E-state index contributed by atoms with van der Waals surface area (Å²) in [6, 6.07) is 13.1. The Kier molecular flexibility index (Phi) is 4.26. The number of aryl methyl sites for hydroxylation is 2. The normalized spacial score (nSPS) is 11.2. The van der Waals surface area contributed by atoms with Crippen molar-refractivity contribution >= 4 is 17.4 Å². The van der Waals surface area contributed by atoms with E-state index in [4.69, 9.17) is 0 Å². The number of nitrogens with zero attached hydrogens (tertiary/aromatic N) is 6. The van der Waals surface area contributed by atoms with E-state index in [0.717, 1.165) is 16.8 Å². The van der Waals surface area contributed by atoms with Gasteiger partial charge in [-0.05, 0) is 47.5 Å². The molecular weight excluding hydrogens is 348 g/mol. The zero-order chi connectivity index (χ0) is 18.1. The van der Waals surface area contributed by atoms with Crippen molar-refractivity contribution in [2.24, 2.45) is 0 Å². The van der Waals surface area contributed by atoms with Crippen LogP contribution in [0, 0.1) is 13.8 Å². The van der Waals surface area contributed by atoms with E-state index in [-0.39, 0.29) is 5.56 Å². The highest BCUT2D eigenvalue weighted by Crippen LogP contribution is 2.25. The summed E-state index contributed by atoms with van der Waals surface area (Å²) in [5, 5.41) is 12.7. The maximum atomic E-state index is 12.2. The highest BCUT2D eigenvalue weighted by molar-refractivity contribution is 7.98. The van der Waals surface area contributed by atoms with Gasteiger partial charge in [0, 0.05) is 18.0 Å². The van der Waals surface area contributed by atoms with Gasteiger partial charge < -0.3 is 0 Å². The van der Waals surface area contributed by atoms with Crippen molar-refractivity contribution in [2.45, 2.75) is 24.8 Å². The Morgan fingerprint density at radius 2 is 1.88 bits per heavy atom. The summed E-state index contributed by atoms with van der Waals surface area (Å²) in [7, 11) is 0. The smallest absolute Gasteiger partial charge is 0.258 e. The van der Waals surface area contributed by atoms with Gasteiger partial charge in [0.1, 0.15) is 5.65 Å². The van der Waals surface area contributed by atoms with E-state index in [1.165, 1.54) is 16.2 Å². The summed E-state index contributed by atoms with van der Waals surface area (Å²) < 4.78 is 3.26. The number of hydrogen-bond acceptors (Lipinski definition) is 6. The van der Waals surface area contributed by atoms with Crippen LogP contribution in [0.15, 0.2) is 58.6 Å². The van der Waals surface area contributed by atoms with Gasteiger partial charge in [0.15, 0.2) is 0 Å².